The number of esters is 1. The zero-order chi connectivity index (χ0) is 13.6. The first-order valence-corrected chi connectivity index (χ1v) is 6.51. The minimum atomic E-state index is -0.383. The van der Waals surface area contributed by atoms with Gasteiger partial charge in [0.2, 0.25) is 0 Å². The van der Waals surface area contributed by atoms with Gasteiger partial charge < -0.3 is 14.2 Å². The van der Waals surface area contributed by atoms with Gasteiger partial charge in [-0.25, -0.2) is 0 Å². The summed E-state index contributed by atoms with van der Waals surface area (Å²) in [6.07, 6.45) is 2.06. The number of fused-ring (bicyclic) bond motifs is 2. The van der Waals surface area contributed by atoms with E-state index in [4.69, 9.17) is 14.2 Å². The summed E-state index contributed by atoms with van der Waals surface area (Å²) >= 11 is 0. The van der Waals surface area contributed by atoms with Crippen LogP contribution < -0.4 is 9.47 Å². The predicted molar refractivity (Wildman–Crippen MR) is 69.6 cm³/mol. The Morgan fingerprint density at radius 1 is 1.26 bits per heavy atom. The molecule has 1 aliphatic carbocycles. The average molecular weight is 262 g/mol. The first-order valence-electron chi connectivity index (χ1n) is 6.51. The van der Waals surface area contributed by atoms with Gasteiger partial charge in [0.25, 0.3) is 0 Å². The summed E-state index contributed by atoms with van der Waals surface area (Å²) in [4.78, 5) is 11.6. The number of hydrogen-bond acceptors (Lipinski definition) is 4. The molecular formula is C15H18O4. The van der Waals surface area contributed by atoms with Crippen molar-refractivity contribution in [2.45, 2.75) is 31.8 Å². The highest BCUT2D eigenvalue weighted by Crippen LogP contribution is 2.46. The maximum absolute atomic E-state index is 11.6. The fraction of sp³-hybridized carbons (Fsp3) is 0.533. The Bertz CT molecular complexity index is 537. The molecule has 4 heteroatoms. The maximum Gasteiger partial charge on any atom is 0.306 e. The van der Waals surface area contributed by atoms with Crippen molar-refractivity contribution in [2.24, 2.45) is 5.92 Å². The highest BCUT2D eigenvalue weighted by Gasteiger charge is 2.49. The van der Waals surface area contributed by atoms with E-state index >= 15 is 0 Å². The van der Waals surface area contributed by atoms with Crippen LogP contribution in [0.2, 0.25) is 0 Å². The van der Waals surface area contributed by atoms with E-state index in [2.05, 4.69) is 0 Å². The number of carbonyl (C=O) groups excluding carboxylic acids is 1. The second-order valence-corrected chi connectivity index (χ2v) is 5.54. The third-order valence-electron chi connectivity index (χ3n) is 4.35. The van der Waals surface area contributed by atoms with Gasteiger partial charge in [-0.05, 0) is 25.0 Å². The van der Waals surface area contributed by atoms with E-state index in [1.54, 1.807) is 14.2 Å². The molecular weight excluding hydrogens is 244 g/mol. The van der Waals surface area contributed by atoms with Crippen molar-refractivity contribution in [3.05, 3.63) is 23.3 Å². The molecule has 3 rings (SSSR count). The lowest BCUT2D eigenvalue weighted by Gasteiger charge is -2.36. The zero-order valence-corrected chi connectivity index (χ0v) is 11.5. The normalized spacial score (nSPS) is 28.4. The van der Waals surface area contributed by atoms with Gasteiger partial charge in [-0.1, -0.05) is 0 Å². The highest BCUT2D eigenvalue weighted by atomic mass is 16.6. The zero-order valence-electron chi connectivity index (χ0n) is 11.5. The van der Waals surface area contributed by atoms with Gasteiger partial charge in [0, 0.05) is 24.0 Å². The molecule has 1 aliphatic heterocycles. The molecule has 0 amide bonds. The quantitative estimate of drug-likeness (QED) is 0.766. The summed E-state index contributed by atoms with van der Waals surface area (Å²) in [5, 5.41) is 0. The third kappa shape index (κ3) is 1.86. The van der Waals surface area contributed by atoms with E-state index in [-0.39, 0.29) is 17.5 Å². The van der Waals surface area contributed by atoms with Crippen LogP contribution in [0.5, 0.6) is 11.5 Å². The Morgan fingerprint density at radius 2 is 2.05 bits per heavy atom. The molecule has 19 heavy (non-hydrogen) atoms. The molecule has 1 aromatic rings. The number of carbonyl (C=O) groups is 1. The molecule has 1 unspecified atom stereocenters. The molecule has 0 spiro atoms. The van der Waals surface area contributed by atoms with Gasteiger partial charge in [-0.15, -0.1) is 0 Å². The fourth-order valence-electron chi connectivity index (χ4n) is 3.24. The smallest absolute Gasteiger partial charge is 0.306 e. The summed E-state index contributed by atoms with van der Waals surface area (Å²) in [6, 6.07) is 3.93. The molecule has 0 aromatic heterocycles. The Morgan fingerprint density at radius 3 is 2.74 bits per heavy atom. The Kier molecular flexibility index (Phi) is 2.69. The molecule has 0 N–H and O–H groups in total. The second-order valence-electron chi connectivity index (χ2n) is 5.54. The van der Waals surface area contributed by atoms with Crippen molar-refractivity contribution in [3.8, 4) is 11.5 Å². The number of hydrogen-bond donors (Lipinski definition) is 0. The Labute approximate surface area is 112 Å². The molecule has 102 valence electrons. The second kappa shape index (κ2) is 4.15. The summed E-state index contributed by atoms with van der Waals surface area (Å²) in [6.45, 7) is 2.02. The number of rotatable bonds is 2. The minimum absolute atomic E-state index is 0.0914. The summed E-state index contributed by atoms with van der Waals surface area (Å²) in [5.41, 5.74) is 1.96. The number of methoxy groups -OCH3 is 2. The van der Waals surface area contributed by atoms with E-state index in [0.717, 1.165) is 23.5 Å². The van der Waals surface area contributed by atoms with Crippen LogP contribution in [0, 0.1) is 5.92 Å². The van der Waals surface area contributed by atoms with Gasteiger partial charge in [0.1, 0.15) is 17.1 Å². The van der Waals surface area contributed by atoms with Crippen molar-refractivity contribution < 1.29 is 19.0 Å². The van der Waals surface area contributed by atoms with Gasteiger partial charge in [0.15, 0.2) is 0 Å². The van der Waals surface area contributed by atoms with Crippen LogP contribution in [0.25, 0.3) is 0 Å². The molecule has 0 radical (unpaired) electrons. The van der Waals surface area contributed by atoms with Gasteiger partial charge in [-0.3, -0.25) is 4.79 Å². The van der Waals surface area contributed by atoms with Crippen LogP contribution in [0.4, 0.5) is 0 Å². The Hall–Kier alpha value is -1.71. The van der Waals surface area contributed by atoms with E-state index in [1.807, 2.05) is 19.1 Å². The fourth-order valence-corrected chi connectivity index (χ4v) is 3.24. The van der Waals surface area contributed by atoms with Gasteiger partial charge in [0.05, 0.1) is 20.6 Å². The lowest BCUT2D eigenvalue weighted by atomic mass is 9.73. The van der Waals surface area contributed by atoms with E-state index in [1.165, 1.54) is 5.56 Å². The van der Waals surface area contributed by atoms with Crippen molar-refractivity contribution in [3.63, 3.8) is 0 Å². The summed E-state index contributed by atoms with van der Waals surface area (Å²) in [7, 11) is 3.31. The molecule has 4 nitrogen and oxygen atoms in total. The molecule has 2 aliphatic rings. The molecule has 1 fully saturated rings. The number of ether oxygens (including phenoxy) is 3. The van der Waals surface area contributed by atoms with Crippen molar-refractivity contribution in [2.75, 3.05) is 14.2 Å². The molecule has 0 bridgehead atoms. The van der Waals surface area contributed by atoms with Crippen molar-refractivity contribution >= 4 is 5.97 Å². The highest BCUT2D eigenvalue weighted by molar-refractivity contribution is 5.73. The van der Waals surface area contributed by atoms with Crippen LogP contribution in [0.1, 0.15) is 24.5 Å². The van der Waals surface area contributed by atoms with Crippen LogP contribution in [-0.4, -0.2) is 25.8 Å². The molecule has 1 saturated heterocycles. The first-order chi connectivity index (χ1) is 9.05. The van der Waals surface area contributed by atoms with Crippen molar-refractivity contribution in [1.82, 2.24) is 0 Å². The van der Waals surface area contributed by atoms with E-state index < -0.39 is 0 Å². The van der Waals surface area contributed by atoms with Crippen LogP contribution in [-0.2, 0) is 22.4 Å². The van der Waals surface area contributed by atoms with Crippen LogP contribution in [0.15, 0.2) is 12.1 Å². The van der Waals surface area contributed by atoms with Gasteiger partial charge >= 0.3 is 5.97 Å². The van der Waals surface area contributed by atoms with Crippen molar-refractivity contribution in [1.29, 1.82) is 0 Å². The largest absolute Gasteiger partial charge is 0.497 e. The summed E-state index contributed by atoms with van der Waals surface area (Å²) < 4.78 is 16.3. The van der Waals surface area contributed by atoms with E-state index in [0.29, 0.717) is 12.8 Å². The SMILES string of the molecule is COc1cc2c(c(OC)c1)C[C@]1(C)OC(=O)CC1C2. The standard InChI is InChI=1S/C15H18O4/c1-15-8-12-9(4-10(15)6-14(16)19-15)5-11(17-2)7-13(12)18-3/h5,7,10H,4,6,8H2,1-3H3/t10?,15-/m0/s1. The lowest BCUT2D eigenvalue weighted by Crippen LogP contribution is -2.39. The Balaban J connectivity index is 2.06. The van der Waals surface area contributed by atoms with Gasteiger partial charge in [-0.2, -0.15) is 0 Å². The molecule has 1 heterocycles. The molecule has 2 atom stereocenters. The lowest BCUT2D eigenvalue weighted by molar-refractivity contribution is -0.148. The predicted octanol–water partition coefficient (Wildman–Crippen LogP) is 2.12. The first kappa shape index (κ1) is 12.3. The van der Waals surface area contributed by atoms with Crippen LogP contribution in [0.3, 0.4) is 0 Å². The maximum atomic E-state index is 11.6. The molecule has 1 aromatic carbocycles. The monoisotopic (exact) mass is 262 g/mol. The average Bonchev–Trinajstić information content (AvgIpc) is 2.67. The van der Waals surface area contributed by atoms with Crippen LogP contribution >= 0.6 is 0 Å². The third-order valence-corrected chi connectivity index (χ3v) is 4.35. The minimum Gasteiger partial charge on any atom is -0.497 e. The molecule has 0 saturated carbocycles. The van der Waals surface area contributed by atoms with E-state index in [9.17, 15) is 4.79 Å². The topological polar surface area (TPSA) is 44.8 Å². The summed E-state index contributed by atoms with van der Waals surface area (Å²) in [5.74, 6) is 1.77. The number of benzene rings is 1.